The van der Waals surface area contributed by atoms with E-state index in [1.165, 1.54) is 27.0 Å². The fourth-order valence-electron chi connectivity index (χ4n) is 1.14. The predicted octanol–water partition coefficient (Wildman–Crippen LogP) is 2.39. The highest BCUT2D eigenvalue weighted by atomic mass is 79.9. The van der Waals surface area contributed by atoms with E-state index in [1.807, 2.05) is 0 Å². The summed E-state index contributed by atoms with van der Waals surface area (Å²) in [5.74, 6) is -0.673. The molecule has 0 spiro atoms. The van der Waals surface area contributed by atoms with E-state index in [0.29, 0.717) is 8.81 Å². The minimum absolute atomic E-state index is 0.0244. The molecule has 1 aromatic rings. The first-order valence-corrected chi connectivity index (χ1v) is 8.14. The maximum Gasteiger partial charge on any atom is 0.326 e. The molecule has 1 rings (SSSR count). The van der Waals surface area contributed by atoms with Crippen LogP contribution in [0.4, 0.5) is 0 Å². The zero-order chi connectivity index (χ0) is 14.1. The molecular formula is C9H11BrClNO4S2. The number of ether oxygens (including phenoxy) is 1. The van der Waals surface area contributed by atoms with Gasteiger partial charge in [0.05, 0.1) is 15.9 Å². The number of hydrogen-bond donors (Lipinski definition) is 1. The lowest BCUT2D eigenvalue weighted by Gasteiger charge is -2.22. The van der Waals surface area contributed by atoms with E-state index in [2.05, 4.69) is 25.4 Å². The van der Waals surface area contributed by atoms with E-state index < -0.39 is 21.5 Å². The number of carbonyl (C=O) groups excluding carboxylic acids is 1. The first-order chi connectivity index (χ1) is 8.10. The monoisotopic (exact) mass is 375 g/mol. The standard InChI is InChI=1S/C9H11BrClNO4S2/c1-9(2,8(13)16-3)12-18(14,15)6-4-5(11)7(10)17-6/h4,12H,1-3H3. The van der Waals surface area contributed by atoms with Gasteiger partial charge in [-0.3, -0.25) is 4.79 Å². The zero-order valence-electron chi connectivity index (χ0n) is 9.78. The Bertz CT molecular complexity index is 548. The van der Waals surface area contributed by atoms with Gasteiger partial charge in [0.2, 0.25) is 0 Å². The number of hydrogen-bond acceptors (Lipinski definition) is 5. The molecule has 0 aliphatic heterocycles. The molecule has 0 aromatic carbocycles. The number of methoxy groups -OCH3 is 1. The summed E-state index contributed by atoms with van der Waals surface area (Å²) in [6, 6.07) is 1.31. The van der Waals surface area contributed by atoms with Crippen molar-refractivity contribution in [3.8, 4) is 0 Å². The summed E-state index contributed by atoms with van der Waals surface area (Å²) in [7, 11) is -2.63. The molecule has 18 heavy (non-hydrogen) atoms. The molecular weight excluding hydrogens is 366 g/mol. The molecule has 9 heteroatoms. The number of halogens is 2. The van der Waals surface area contributed by atoms with Crippen LogP contribution >= 0.6 is 38.9 Å². The molecule has 0 radical (unpaired) electrons. The van der Waals surface area contributed by atoms with Crippen molar-refractivity contribution in [2.75, 3.05) is 7.11 Å². The molecule has 1 aromatic heterocycles. The molecule has 1 N–H and O–H groups in total. The highest BCUT2D eigenvalue weighted by molar-refractivity contribution is 9.11. The molecule has 1 heterocycles. The van der Waals surface area contributed by atoms with E-state index in [9.17, 15) is 13.2 Å². The largest absolute Gasteiger partial charge is 0.468 e. The highest BCUT2D eigenvalue weighted by Crippen LogP contribution is 2.34. The van der Waals surface area contributed by atoms with E-state index >= 15 is 0 Å². The molecule has 0 unspecified atom stereocenters. The van der Waals surface area contributed by atoms with Crippen molar-refractivity contribution >= 4 is 54.9 Å². The van der Waals surface area contributed by atoms with Gasteiger partial charge in [-0.25, -0.2) is 8.42 Å². The second kappa shape index (κ2) is 5.46. The van der Waals surface area contributed by atoms with Crippen molar-refractivity contribution in [2.45, 2.75) is 23.6 Å². The Morgan fingerprint density at radius 2 is 2.11 bits per heavy atom. The normalized spacial score (nSPS) is 12.5. The van der Waals surface area contributed by atoms with Gasteiger partial charge < -0.3 is 4.74 Å². The number of esters is 1. The second-order valence-electron chi connectivity index (χ2n) is 3.91. The van der Waals surface area contributed by atoms with Crippen LogP contribution in [0.15, 0.2) is 14.1 Å². The third kappa shape index (κ3) is 3.45. The van der Waals surface area contributed by atoms with Gasteiger partial charge in [-0.05, 0) is 35.8 Å². The maximum absolute atomic E-state index is 12.0. The summed E-state index contributed by atoms with van der Waals surface area (Å²) in [6.07, 6.45) is 0. The Kier molecular flexibility index (Phi) is 4.82. The Hall–Kier alpha value is -0.150. The first-order valence-electron chi connectivity index (χ1n) is 4.67. The lowest BCUT2D eigenvalue weighted by molar-refractivity contribution is -0.146. The van der Waals surface area contributed by atoms with Crippen LogP contribution in [0.5, 0.6) is 0 Å². The number of sulfonamides is 1. The Morgan fingerprint density at radius 3 is 2.50 bits per heavy atom. The van der Waals surface area contributed by atoms with Crippen LogP contribution < -0.4 is 4.72 Å². The van der Waals surface area contributed by atoms with Gasteiger partial charge in [-0.1, -0.05) is 11.6 Å². The molecule has 0 aliphatic carbocycles. The van der Waals surface area contributed by atoms with Crippen molar-refractivity contribution in [3.05, 3.63) is 14.9 Å². The van der Waals surface area contributed by atoms with E-state index in [4.69, 9.17) is 11.6 Å². The summed E-state index contributed by atoms with van der Waals surface area (Å²) in [6.45, 7) is 2.83. The zero-order valence-corrected chi connectivity index (χ0v) is 13.8. The van der Waals surface area contributed by atoms with Crippen LogP contribution in [0, 0.1) is 0 Å². The number of rotatable bonds is 4. The summed E-state index contributed by atoms with van der Waals surface area (Å²) in [4.78, 5) is 11.4. The third-order valence-corrected chi connectivity index (χ3v) is 6.58. The van der Waals surface area contributed by atoms with Gasteiger partial charge in [0.15, 0.2) is 0 Å². The molecule has 102 valence electrons. The topological polar surface area (TPSA) is 72.5 Å². The molecule has 5 nitrogen and oxygen atoms in total. The van der Waals surface area contributed by atoms with Gasteiger partial charge in [0.25, 0.3) is 10.0 Å². The summed E-state index contributed by atoms with van der Waals surface area (Å²) >= 11 is 9.87. The number of nitrogens with one attached hydrogen (secondary N) is 1. The van der Waals surface area contributed by atoms with Crippen molar-refractivity contribution in [2.24, 2.45) is 0 Å². The average Bonchev–Trinajstić information content (AvgIpc) is 2.57. The molecule has 0 saturated heterocycles. The van der Waals surface area contributed by atoms with Crippen molar-refractivity contribution in [1.29, 1.82) is 0 Å². The fraction of sp³-hybridized carbons (Fsp3) is 0.444. The summed E-state index contributed by atoms with van der Waals surface area (Å²) in [5, 5.41) is 0.302. The van der Waals surface area contributed by atoms with E-state index in [1.54, 1.807) is 0 Å². The van der Waals surface area contributed by atoms with E-state index in [0.717, 1.165) is 11.3 Å². The third-order valence-electron chi connectivity index (χ3n) is 1.97. The second-order valence-corrected chi connectivity index (χ2v) is 8.60. The van der Waals surface area contributed by atoms with E-state index in [-0.39, 0.29) is 4.21 Å². The molecule has 0 aliphatic rings. The van der Waals surface area contributed by atoms with Gasteiger partial charge in [0.1, 0.15) is 9.75 Å². The van der Waals surface area contributed by atoms with Gasteiger partial charge in [0, 0.05) is 0 Å². The summed E-state index contributed by atoms with van der Waals surface area (Å²) < 4.78 is 31.4. The maximum atomic E-state index is 12.0. The molecule has 0 bridgehead atoms. The Balaban J connectivity index is 3.06. The lowest BCUT2D eigenvalue weighted by atomic mass is 10.1. The van der Waals surface area contributed by atoms with Crippen LogP contribution in [0.3, 0.4) is 0 Å². The van der Waals surface area contributed by atoms with Crippen molar-refractivity contribution in [3.63, 3.8) is 0 Å². The van der Waals surface area contributed by atoms with Crippen LogP contribution in [0.1, 0.15) is 13.8 Å². The lowest BCUT2D eigenvalue weighted by Crippen LogP contribution is -2.49. The van der Waals surface area contributed by atoms with Gasteiger partial charge in [-0.2, -0.15) is 4.72 Å². The van der Waals surface area contributed by atoms with Crippen LogP contribution in [-0.4, -0.2) is 27.0 Å². The van der Waals surface area contributed by atoms with Gasteiger partial charge in [-0.15, -0.1) is 11.3 Å². The molecule has 0 amide bonds. The average molecular weight is 377 g/mol. The van der Waals surface area contributed by atoms with Crippen LogP contribution in [0.25, 0.3) is 0 Å². The fourth-order valence-corrected chi connectivity index (χ4v) is 4.91. The minimum Gasteiger partial charge on any atom is -0.468 e. The smallest absolute Gasteiger partial charge is 0.326 e. The van der Waals surface area contributed by atoms with Crippen molar-refractivity contribution in [1.82, 2.24) is 4.72 Å². The van der Waals surface area contributed by atoms with Gasteiger partial charge >= 0.3 is 5.97 Å². The first kappa shape index (κ1) is 15.9. The van der Waals surface area contributed by atoms with Crippen molar-refractivity contribution < 1.29 is 17.9 Å². The van der Waals surface area contributed by atoms with Crippen LogP contribution in [-0.2, 0) is 19.6 Å². The minimum atomic E-state index is -3.82. The SMILES string of the molecule is COC(=O)C(C)(C)NS(=O)(=O)c1cc(Cl)c(Br)s1. The highest BCUT2D eigenvalue weighted by Gasteiger charge is 2.35. The quantitative estimate of drug-likeness (QED) is 0.819. The van der Waals surface area contributed by atoms with Crippen LogP contribution in [0.2, 0.25) is 5.02 Å². The molecule has 0 atom stereocenters. The number of thiophene rings is 1. The summed E-state index contributed by atoms with van der Waals surface area (Å²) in [5.41, 5.74) is -1.35. The molecule has 0 saturated carbocycles. The predicted molar refractivity (Wildman–Crippen MR) is 73.4 cm³/mol. The Morgan fingerprint density at radius 1 is 1.56 bits per heavy atom. The Labute approximate surface area is 123 Å². The number of carbonyl (C=O) groups is 1. The molecule has 0 fully saturated rings.